The van der Waals surface area contributed by atoms with Crippen molar-refractivity contribution >= 4 is 86.3 Å². The predicted octanol–water partition coefficient (Wildman–Crippen LogP) is 14.3. The number of para-hydroxylation sites is 5. The highest BCUT2D eigenvalue weighted by Crippen LogP contribution is 2.44. The standard InChI is InChI=1S/C50H30N2OS/c1-2-11-34(12-3-1)52-49-36(16-10-17-40(49)48-39-15-6-9-20-45(39)53-50(48)52)33-24-28-47-42(30-33)41-29-32(23-27-46(41)54-47)31-21-25-35(26-22-31)51-43-18-7-4-13-37(43)38-14-5-8-19-44(38)51/h1-30H. The number of thiophene rings is 1. The van der Waals surface area contributed by atoms with Crippen LogP contribution in [0.4, 0.5) is 0 Å². The van der Waals surface area contributed by atoms with Gasteiger partial charge in [0.1, 0.15) is 5.58 Å². The quantitative estimate of drug-likeness (QED) is 0.179. The van der Waals surface area contributed by atoms with Crippen molar-refractivity contribution in [2.75, 3.05) is 0 Å². The molecule has 4 aromatic heterocycles. The molecule has 0 fully saturated rings. The van der Waals surface area contributed by atoms with Gasteiger partial charge < -0.3 is 8.98 Å². The summed E-state index contributed by atoms with van der Waals surface area (Å²) in [6.45, 7) is 0. The van der Waals surface area contributed by atoms with Crippen molar-refractivity contribution in [2.45, 2.75) is 0 Å². The Bertz CT molecular complexity index is 3380. The van der Waals surface area contributed by atoms with Gasteiger partial charge in [-0.15, -0.1) is 11.3 Å². The van der Waals surface area contributed by atoms with Gasteiger partial charge in [0.25, 0.3) is 0 Å². The molecule has 0 bridgehead atoms. The molecule has 0 saturated heterocycles. The monoisotopic (exact) mass is 706 g/mol. The molecule has 252 valence electrons. The lowest BCUT2D eigenvalue weighted by molar-refractivity contribution is 0.645. The predicted molar refractivity (Wildman–Crippen MR) is 229 cm³/mol. The van der Waals surface area contributed by atoms with Crippen LogP contribution in [0, 0.1) is 0 Å². The van der Waals surface area contributed by atoms with Crippen molar-refractivity contribution in [3.8, 4) is 33.6 Å². The summed E-state index contributed by atoms with van der Waals surface area (Å²) >= 11 is 1.86. The number of benzene rings is 8. The van der Waals surface area contributed by atoms with Crippen molar-refractivity contribution < 1.29 is 4.42 Å². The zero-order valence-corrected chi connectivity index (χ0v) is 29.8. The van der Waals surface area contributed by atoms with Gasteiger partial charge in [0.05, 0.1) is 21.9 Å². The Morgan fingerprint density at radius 3 is 1.70 bits per heavy atom. The van der Waals surface area contributed by atoms with Crippen LogP contribution >= 0.6 is 11.3 Å². The van der Waals surface area contributed by atoms with Crippen molar-refractivity contribution in [1.82, 2.24) is 9.13 Å². The van der Waals surface area contributed by atoms with E-state index in [9.17, 15) is 0 Å². The van der Waals surface area contributed by atoms with Crippen LogP contribution in [0.2, 0.25) is 0 Å². The molecule has 0 unspecified atom stereocenters. The van der Waals surface area contributed by atoms with E-state index in [1.54, 1.807) is 0 Å². The van der Waals surface area contributed by atoms with E-state index in [-0.39, 0.29) is 0 Å². The van der Waals surface area contributed by atoms with E-state index in [2.05, 4.69) is 185 Å². The zero-order chi connectivity index (χ0) is 35.3. The third kappa shape index (κ3) is 4.23. The lowest BCUT2D eigenvalue weighted by Gasteiger charge is -2.11. The maximum atomic E-state index is 6.61. The summed E-state index contributed by atoms with van der Waals surface area (Å²) in [5.74, 6) is 0. The molecule has 0 aliphatic carbocycles. The fraction of sp³-hybridized carbons (Fsp3) is 0. The zero-order valence-electron chi connectivity index (χ0n) is 29.0. The molecule has 8 aromatic carbocycles. The van der Waals surface area contributed by atoms with Crippen LogP contribution in [-0.4, -0.2) is 9.13 Å². The molecule has 0 N–H and O–H groups in total. The first kappa shape index (κ1) is 29.7. The molecule has 3 nitrogen and oxygen atoms in total. The Morgan fingerprint density at radius 1 is 0.389 bits per heavy atom. The Kier molecular flexibility index (Phi) is 6.21. The minimum atomic E-state index is 0.876. The molecule has 54 heavy (non-hydrogen) atoms. The smallest absolute Gasteiger partial charge is 0.213 e. The second kappa shape index (κ2) is 11.3. The Morgan fingerprint density at radius 2 is 0.963 bits per heavy atom. The number of hydrogen-bond donors (Lipinski definition) is 0. The molecule has 0 radical (unpaired) electrons. The maximum Gasteiger partial charge on any atom is 0.213 e. The highest BCUT2D eigenvalue weighted by atomic mass is 32.1. The summed E-state index contributed by atoms with van der Waals surface area (Å²) in [7, 11) is 0. The molecule has 12 aromatic rings. The Labute approximate surface area is 314 Å². The number of nitrogens with zero attached hydrogens (tertiary/aromatic N) is 2. The average molecular weight is 707 g/mol. The molecule has 4 heterocycles. The van der Waals surface area contributed by atoms with Crippen LogP contribution < -0.4 is 0 Å². The molecule has 0 aliphatic rings. The first-order valence-corrected chi connectivity index (χ1v) is 19.2. The van der Waals surface area contributed by atoms with Crippen LogP contribution in [0.1, 0.15) is 0 Å². The average Bonchev–Trinajstić information content (AvgIpc) is 3.98. The second-order valence-electron chi connectivity index (χ2n) is 14.1. The van der Waals surface area contributed by atoms with Gasteiger partial charge in [0, 0.05) is 58.7 Å². The van der Waals surface area contributed by atoms with Crippen LogP contribution in [0.25, 0.3) is 109 Å². The van der Waals surface area contributed by atoms with E-state index < -0.39 is 0 Å². The van der Waals surface area contributed by atoms with E-state index >= 15 is 0 Å². The van der Waals surface area contributed by atoms with Gasteiger partial charge in [0.2, 0.25) is 5.71 Å². The van der Waals surface area contributed by atoms with Crippen molar-refractivity contribution in [1.29, 1.82) is 0 Å². The summed E-state index contributed by atoms with van der Waals surface area (Å²) in [6.07, 6.45) is 0. The number of aromatic nitrogens is 2. The maximum absolute atomic E-state index is 6.61. The largest absolute Gasteiger partial charge is 0.439 e. The summed E-state index contributed by atoms with van der Waals surface area (Å²) < 4.78 is 13.9. The summed E-state index contributed by atoms with van der Waals surface area (Å²) in [4.78, 5) is 0. The molecular formula is C50H30N2OS. The number of furan rings is 1. The van der Waals surface area contributed by atoms with Crippen LogP contribution in [0.15, 0.2) is 186 Å². The normalized spacial score (nSPS) is 12.1. The lowest BCUT2D eigenvalue weighted by atomic mass is 9.98. The SMILES string of the molecule is c1ccc(-n2c3oc4ccccc4c3c3cccc(-c4ccc5sc6ccc(-c7ccc(-n8c9ccccc9c9ccccc98)cc7)cc6c5c4)c32)cc1. The third-order valence-corrected chi connectivity index (χ3v) is 12.3. The fourth-order valence-electron chi connectivity index (χ4n) is 8.72. The summed E-state index contributed by atoms with van der Waals surface area (Å²) in [5, 5.41) is 8.60. The number of rotatable bonds is 4. The van der Waals surface area contributed by atoms with Crippen molar-refractivity contribution in [2.24, 2.45) is 0 Å². The van der Waals surface area contributed by atoms with Crippen LogP contribution in [-0.2, 0) is 0 Å². The van der Waals surface area contributed by atoms with E-state index in [0.717, 1.165) is 39.0 Å². The van der Waals surface area contributed by atoms with Gasteiger partial charge >= 0.3 is 0 Å². The number of hydrogen-bond acceptors (Lipinski definition) is 2. The summed E-state index contributed by atoms with van der Waals surface area (Å²) in [6, 6.07) is 65.9. The summed E-state index contributed by atoms with van der Waals surface area (Å²) in [5.41, 5.74) is 12.4. The highest BCUT2D eigenvalue weighted by Gasteiger charge is 2.22. The fourth-order valence-corrected chi connectivity index (χ4v) is 9.79. The van der Waals surface area contributed by atoms with Crippen molar-refractivity contribution in [3.63, 3.8) is 0 Å². The van der Waals surface area contributed by atoms with Gasteiger partial charge in [-0.25, -0.2) is 0 Å². The van der Waals surface area contributed by atoms with Gasteiger partial charge in [-0.1, -0.05) is 115 Å². The van der Waals surface area contributed by atoms with Gasteiger partial charge in [-0.3, -0.25) is 4.57 Å². The highest BCUT2D eigenvalue weighted by molar-refractivity contribution is 7.25. The van der Waals surface area contributed by atoms with Gasteiger partial charge in [0.15, 0.2) is 0 Å². The number of fused-ring (bicyclic) bond motifs is 11. The molecule has 4 heteroatoms. The van der Waals surface area contributed by atoms with Crippen molar-refractivity contribution in [3.05, 3.63) is 182 Å². The molecule has 0 amide bonds. The molecule has 0 atom stereocenters. The topological polar surface area (TPSA) is 23.0 Å². The second-order valence-corrected chi connectivity index (χ2v) is 15.2. The van der Waals surface area contributed by atoms with Crippen LogP contribution in [0.3, 0.4) is 0 Å². The van der Waals surface area contributed by atoms with Gasteiger partial charge in [-0.2, -0.15) is 0 Å². The third-order valence-electron chi connectivity index (χ3n) is 11.1. The minimum absolute atomic E-state index is 0.876. The van der Waals surface area contributed by atoms with E-state index in [4.69, 9.17) is 4.42 Å². The first-order valence-electron chi connectivity index (χ1n) is 18.3. The Balaban J connectivity index is 1.01. The lowest BCUT2D eigenvalue weighted by Crippen LogP contribution is -1.94. The van der Waals surface area contributed by atoms with E-state index in [1.807, 2.05) is 17.4 Å². The molecule has 0 spiro atoms. The van der Waals surface area contributed by atoms with E-state index in [1.165, 1.54) is 69.6 Å². The molecule has 12 rings (SSSR count). The Hall–Kier alpha value is -6.88. The molecule has 0 saturated carbocycles. The van der Waals surface area contributed by atoms with Crippen LogP contribution in [0.5, 0.6) is 0 Å². The molecule has 0 aliphatic heterocycles. The first-order chi connectivity index (χ1) is 26.8. The van der Waals surface area contributed by atoms with E-state index in [0.29, 0.717) is 0 Å². The van der Waals surface area contributed by atoms with Gasteiger partial charge in [-0.05, 0) is 83.4 Å². The minimum Gasteiger partial charge on any atom is -0.439 e. The molecular weight excluding hydrogens is 677 g/mol.